The zero-order chi connectivity index (χ0) is 21.0. The average molecular weight is 462 g/mol. The highest BCUT2D eigenvalue weighted by Crippen LogP contribution is 2.24. The summed E-state index contributed by atoms with van der Waals surface area (Å²) in [6, 6.07) is 11.2. The van der Waals surface area contributed by atoms with Crippen LogP contribution in [0, 0.1) is 11.7 Å². The monoisotopic (exact) mass is 461 g/mol. The quantitative estimate of drug-likeness (QED) is 0.720. The molecule has 0 bridgehead atoms. The molecule has 0 unspecified atom stereocenters. The molecule has 0 radical (unpaired) electrons. The molecule has 1 aliphatic heterocycles. The number of hydrogen-bond acceptors (Lipinski definition) is 3. The summed E-state index contributed by atoms with van der Waals surface area (Å²) in [6.07, 6.45) is 1.10. The van der Waals surface area contributed by atoms with Crippen molar-refractivity contribution in [1.29, 1.82) is 0 Å². The Morgan fingerprint density at radius 3 is 2.31 bits per heavy atom. The van der Waals surface area contributed by atoms with Crippen molar-refractivity contribution >= 4 is 45.0 Å². The fourth-order valence-corrected chi connectivity index (χ4v) is 3.52. The first-order valence-corrected chi connectivity index (χ1v) is 10.1. The lowest BCUT2D eigenvalue weighted by molar-refractivity contribution is -0.121. The minimum absolute atomic E-state index is 0.0187. The van der Waals surface area contributed by atoms with Crippen LogP contribution in [-0.2, 0) is 9.59 Å². The minimum atomic E-state index is -0.571. The Bertz CT molecular complexity index is 925. The van der Waals surface area contributed by atoms with E-state index in [2.05, 4.69) is 26.6 Å². The minimum Gasteiger partial charge on any atom is -0.339 e. The highest BCUT2D eigenvalue weighted by Gasteiger charge is 2.28. The molecule has 3 amide bonds. The van der Waals surface area contributed by atoms with Gasteiger partial charge in [0.25, 0.3) is 5.91 Å². The van der Waals surface area contributed by atoms with Crippen molar-refractivity contribution in [3.63, 3.8) is 0 Å². The Balaban J connectivity index is 1.57. The predicted molar refractivity (Wildman–Crippen MR) is 112 cm³/mol. The molecular weight excluding hydrogens is 441 g/mol. The summed E-state index contributed by atoms with van der Waals surface area (Å²) < 4.78 is 14.6. The van der Waals surface area contributed by atoms with Crippen LogP contribution in [0.4, 0.5) is 15.8 Å². The Morgan fingerprint density at radius 2 is 1.69 bits per heavy atom. The van der Waals surface area contributed by atoms with Gasteiger partial charge in [-0.1, -0.05) is 15.9 Å². The largest absolute Gasteiger partial charge is 0.339 e. The maximum Gasteiger partial charge on any atom is 0.253 e. The molecule has 2 aromatic rings. The van der Waals surface area contributed by atoms with Crippen molar-refractivity contribution in [2.75, 3.05) is 23.7 Å². The summed E-state index contributed by atoms with van der Waals surface area (Å²) in [5, 5.41) is 5.16. The predicted octanol–water partition coefficient (Wildman–Crippen LogP) is 4.04. The summed E-state index contributed by atoms with van der Waals surface area (Å²) >= 11 is 3.35. The number of anilines is 2. The molecule has 1 aliphatic rings. The number of carbonyl (C=O) groups excluding carboxylic acids is 3. The van der Waals surface area contributed by atoms with Crippen LogP contribution >= 0.6 is 15.9 Å². The van der Waals surface area contributed by atoms with Crippen molar-refractivity contribution in [3.8, 4) is 0 Å². The fraction of sp³-hybridized carbons (Fsp3) is 0.286. The van der Waals surface area contributed by atoms with E-state index >= 15 is 0 Å². The van der Waals surface area contributed by atoms with Crippen LogP contribution in [0.5, 0.6) is 0 Å². The molecule has 3 rings (SSSR count). The zero-order valence-corrected chi connectivity index (χ0v) is 17.5. The molecule has 1 fully saturated rings. The maximum atomic E-state index is 13.7. The first-order chi connectivity index (χ1) is 13.8. The summed E-state index contributed by atoms with van der Waals surface area (Å²) in [4.78, 5) is 38.0. The molecule has 0 aromatic heterocycles. The Labute approximate surface area is 176 Å². The van der Waals surface area contributed by atoms with Crippen LogP contribution in [0.15, 0.2) is 46.9 Å². The van der Waals surface area contributed by atoms with Gasteiger partial charge in [0.2, 0.25) is 11.8 Å². The molecule has 152 valence electrons. The summed E-state index contributed by atoms with van der Waals surface area (Å²) in [6.45, 7) is 2.27. The van der Waals surface area contributed by atoms with Crippen LogP contribution in [0.1, 0.15) is 30.1 Å². The molecule has 1 saturated heterocycles. The van der Waals surface area contributed by atoms with Crippen LogP contribution in [0.3, 0.4) is 0 Å². The third kappa shape index (κ3) is 5.41. The van der Waals surface area contributed by atoms with Crippen LogP contribution in [0.25, 0.3) is 0 Å². The summed E-state index contributed by atoms with van der Waals surface area (Å²) in [5.74, 6) is -1.43. The van der Waals surface area contributed by atoms with Crippen molar-refractivity contribution in [2.45, 2.75) is 19.8 Å². The van der Waals surface area contributed by atoms with E-state index in [1.54, 1.807) is 17.0 Å². The number of benzene rings is 2. The number of nitrogens with one attached hydrogen (secondary N) is 2. The molecule has 6 nitrogen and oxygen atoms in total. The topological polar surface area (TPSA) is 78.5 Å². The first-order valence-electron chi connectivity index (χ1n) is 9.26. The second-order valence-electron chi connectivity index (χ2n) is 6.94. The van der Waals surface area contributed by atoms with Gasteiger partial charge in [0, 0.05) is 41.7 Å². The van der Waals surface area contributed by atoms with Crippen LogP contribution in [0.2, 0.25) is 0 Å². The second kappa shape index (κ2) is 9.17. The molecule has 1 heterocycles. The molecule has 0 atom stereocenters. The number of halogens is 2. The first kappa shape index (κ1) is 21.0. The summed E-state index contributed by atoms with van der Waals surface area (Å²) in [7, 11) is 0. The second-order valence-corrected chi connectivity index (χ2v) is 7.85. The van der Waals surface area contributed by atoms with Gasteiger partial charge in [0.05, 0.1) is 5.69 Å². The van der Waals surface area contributed by atoms with Gasteiger partial charge in [-0.15, -0.1) is 0 Å². The average Bonchev–Trinajstić information content (AvgIpc) is 2.70. The van der Waals surface area contributed by atoms with Gasteiger partial charge in [-0.2, -0.15) is 0 Å². The number of piperidine rings is 1. The standard InChI is InChI=1S/C21H21BrFN3O3/c1-13(27)24-19-12-17(6-7-18(19)23)25-20(28)14-8-10-26(11-9-14)21(29)15-2-4-16(22)5-3-15/h2-7,12,14H,8-11H2,1H3,(H,24,27)(H,25,28). The number of likely N-dealkylation sites (tertiary alicyclic amines) is 1. The lowest BCUT2D eigenvalue weighted by atomic mass is 9.95. The number of hydrogen-bond donors (Lipinski definition) is 2. The SMILES string of the molecule is CC(=O)Nc1cc(NC(=O)C2CCN(C(=O)c3ccc(Br)cc3)CC2)ccc1F. The van der Waals surface area contributed by atoms with Crippen LogP contribution < -0.4 is 10.6 Å². The highest BCUT2D eigenvalue weighted by atomic mass is 79.9. The molecule has 8 heteroatoms. The van der Waals surface area contributed by atoms with E-state index in [9.17, 15) is 18.8 Å². The van der Waals surface area contributed by atoms with Gasteiger partial charge in [-0.25, -0.2) is 4.39 Å². The van der Waals surface area contributed by atoms with E-state index in [0.29, 0.717) is 37.2 Å². The van der Waals surface area contributed by atoms with Crippen molar-refractivity contribution in [2.24, 2.45) is 5.92 Å². The van der Waals surface area contributed by atoms with Gasteiger partial charge < -0.3 is 15.5 Å². The van der Waals surface area contributed by atoms with Gasteiger partial charge in [-0.3, -0.25) is 14.4 Å². The Kier molecular flexibility index (Phi) is 6.64. The Hall–Kier alpha value is -2.74. The van der Waals surface area contributed by atoms with E-state index in [4.69, 9.17) is 0 Å². The molecule has 0 saturated carbocycles. The van der Waals surface area contributed by atoms with Crippen molar-refractivity contribution < 1.29 is 18.8 Å². The van der Waals surface area contributed by atoms with Crippen molar-refractivity contribution in [3.05, 3.63) is 58.3 Å². The van der Waals surface area contributed by atoms with Gasteiger partial charge >= 0.3 is 0 Å². The maximum absolute atomic E-state index is 13.7. The summed E-state index contributed by atoms with van der Waals surface area (Å²) in [5.41, 5.74) is 1.05. The molecule has 2 aromatic carbocycles. The fourth-order valence-electron chi connectivity index (χ4n) is 3.25. The zero-order valence-electron chi connectivity index (χ0n) is 15.9. The molecular formula is C21H21BrFN3O3. The number of rotatable bonds is 4. The molecule has 29 heavy (non-hydrogen) atoms. The van der Waals surface area contributed by atoms with Gasteiger partial charge in [0.15, 0.2) is 0 Å². The van der Waals surface area contributed by atoms with Gasteiger partial charge in [-0.05, 0) is 55.3 Å². The lowest BCUT2D eigenvalue weighted by Gasteiger charge is -2.31. The third-order valence-corrected chi connectivity index (χ3v) is 5.32. The number of carbonyl (C=O) groups is 3. The smallest absolute Gasteiger partial charge is 0.253 e. The third-order valence-electron chi connectivity index (χ3n) is 4.79. The lowest BCUT2D eigenvalue weighted by Crippen LogP contribution is -2.41. The molecule has 2 N–H and O–H groups in total. The van der Waals surface area contributed by atoms with Gasteiger partial charge in [0.1, 0.15) is 5.82 Å². The van der Waals surface area contributed by atoms with Crippen molar-refractivity contribution in [1.82, 2.24) is 4.90 Å². The van der Waals surface area contributed by atoms with E-state index < -0.39 is 11.7 Å². The molecule has 0 spiro atoms. The molecule has 0 aliphatic carbocycles. The van der Waals surface area contributed by atoms with E-state index in [1.807, 2.05) is 12.1 Å². The highest BCUT2D eigenvalue weighted by molar-refractivity contribution is 9.10. The van der Waals surface area contributed by atoms with E-state index in [0.717, 1.165) is 4.47 Å². The van der Waals surface area contributed by atoms with E-state index in [-0.39, 0.29) is 23.4 Å². The van der Waals surface area contributed by atoms with Crippen LogP contribution in [-0.4, -0.2) is 35.7 Å². The Morgan fingerprint density at radius 1 is 1.03 bits per heavy atom. The van der Waals surface area contributed by atoms with E-state index in [1.165, 1.54) is 25.1 Å². The number of amides is 3. The number of nitrogens with zero attached hydrogens (tertiary/aromatic N) is 1. The normalized spacial score (nSPS) is 14.4.